The van der Waals surface area contributed by atoms with Crippen molar-refractivity contribution < 1.29 is 0 Å². The van der Waals surface area contributed by atoms with Crippen molar-refractivity contribution in [1.82, 2.24) is 24.5 Å². The molecule has 5 rings (SSSR count). The van der Waals surface area contributed by atoms with Gasteiger partial charge in [-0.25, -0.2) is 9.50 Å². The molecule has 0 bridgehead atoms. The van der Waals surface area contributed by atoms with E-state index in [4.69, 9.17) is 4.98 Å². The zero-order chi connectivity index (χ0) is 21.9. The Morgan fingerprint density at radius 2 is 1.81 bits per heavy atom. The van der Waals surface area contributed by atoms with Gasteiger partial charge in [0.2, 0.25) is 0 Å². The summed E-state index contributed by atoms with van der Waals surface area (Å²) in [6, 6.07) is 12.9. The van der Waals surface area contributed by atoms with Crippen LogP contribution in [0.2, 0.25) is 0 Å². The topological polar surface area (TPSA) is 46.3 Å². The minimum Gasteiger partial charge on any atom is -0.309 e. The molecule has 5 nitrogen and oxygen atoms in total. The van der Waals surface area contributed by atoms with E-state index in [-0.39, 0.29) is 0 Å². The van der Waals surface area contributed by atoms with Crippen molar-refractivity contribution in [3.05, 3.63) is 82.9 Å². The summed E-state index contributed by atoms with van der Waals surface area (Å²) in [5, 5.41) is 7.23. The van der Waals surface area contributed by atoms with Crippen molar-refractivity contribution in [2.75, 3.05) is 20.6 Å². The van der Waals surface area contributed by atoms with E-state index in [2.05, 4.69) is 77.7 Å². The summed E-state index contributed by atoms with van der Waals surface area (Å²) in [4.78, 5) is 11.7. The quantitative estimate of drug-likeness (QED) is 0.427. The Hall–Kier alpha value is -3.31. The van der Waals surface area contributed by atoms with Crippen molar-refractivity contribution in [3.8, 4) is 11.1 Å². The molecule has 0 amide bonds. The number of hydrogen-bond acceptors (Lipinski definition) is 4. The molecule has 3 aromatic heterocycles. The number of aryl methyl sites for hydroxylation is 1. The molecule has 0 fully saturated rings. The van der Waals surface area contributed by atoms with Gasteiger partial charge < -0.3 is 4.90 Å². The highest BCUT2D eigenvalue weighted by molar-refractivity contribution is 5.77. The molecule has 4 aromatic rings. The van der Waals surface area contributed by atoms with Crippen molar-refractivity contribution >= 4 is 17.3 Å². The molecule has 3 heterocycles. The van der Waals surface area contributed by atoms with E-state index in [0.717, 1.165) is 60.3 Å². The van der Waals surface area contributed by atoms with Gasteiger partial charge in [-0.15, -0.1) is 0 Å². The van der Waals surface area contributed by atoms with E-state index < -0.39 is 0 Å². The van der Waals surface area contributed by atoms with Crippen LogP contribution >= 0.6 is 0 Å². The maximum absolute atomic E-state index is 4.80. The minimum absolute atomic E-state index is 0.908. The summed E-state index contributed by atoms with van der Waals surface area (Å²) >= 11 is 0. The van der Waals surface area contributed by atoms with Crippen LogP contribution < -0.4 is 10.4 Å². The summed E-state index contributed by atoms with van der Waals surface area (Å²) < 4.78 is 1.90. The molecule has 0 spiro atoms. The van der Waals surface area contributed by atoms with Crippen molar-refractivity contribution in [2.45, 2.75) is 32.1 Å². The highest BCUT2D eigenvalue weighted by Gasteiger charge is 2.14. The number of hydrogen-bond donors (Lipinski definition) is 0. The fraction of sp³-hybridized carbons (Fsp3) is 0.296. The standard InChI is InChI=1S/C27H29N5/c1-31(2)15-6-5-10-23-14-13-21(16-28-23)22-17-29-27-26(18-30-32(27)19-22)25-12-7-9-20-8-3-4-11-24(20)25/h3-4,8-9,11,13-14,16-19H,5-7,10,12,15H2,1-2H3. The van der Waals surface area contributed by atoms with Crippen LogP contribution in [0.15, 0.2) is 61.2 Å². The fourth-order valence-corrected chi connectivity index (χ4v) is 4.45. The van der Waals surface area contributed by atoms with E-state index in [1.807, 2.05) is 23.1 Å². The van der Waals surface area contributed by atoms with E-state index >= 15 is 0 Å². The van der Waals surface area contributed by atoms with Crippen LogP contribution in [0.1, 0.15) is 36.9 Å². The fourth-order valence-electron chi connectivity index (χ4n) is 4.45. The molecule has 162 valence electrons. The zero-order valence-corrected chi connectivity index (χ0v) is 18.8. The zero-order valence-electron chi connectivity index (χ0n) is 18.8. The first-order valence-corrected chi connectivity index (χ1v) is 11.4. The molecule has 1 aromatic carbocycles. The molecule has 0 saturated carbocycles. The molecule has 32 heavy (non-hydrogen) atoms. The average Bonchev–Trinajstić information content (AvgIpc) is 3.25. The molecular weight excluding hydrogens is 394 g/mol. The third kappa shape index (κ3) is 4.21. The predicted octanol–water partition coefficient (Wildman–Crippen LogP) is 3.45. The minimum atomic E-state index is 0.908. The first-order chi connectivity index (χ1) is 15.7. The molecule has 0 unspecified atom stereocenters. The smallest absolute Gasteiger partial charge is 0.162 e. The van der Waals surface area contributed by atoms with Crippen LogP contribution in [0.4, 0.5) is 0 Å². The van der Waals surface area contributed by atoms with Crippen molar-refractivity contribution in [1.29, 1.82) is 0 Å². The molecule has 0 radical (unpaired) electrons. The van der Waals surface area contributed by atoms with Gasteiger partial charge in [0.1, 0.15) is 0 Å². The SMILES string of the molecule is CN(C)CCCCc1ccc(-c2cnc3c(C4=c5ccccc5=CCC4)cnn3c2)cn1. The van der Waals surface area contributed by atoms with Gasteiger partial charge in [0.25, 0.3) is 0 Å². The normalized spacial score (nSPS) is 13.4. The second-order valence-electron chi connectivity index (χ2n) is 8.78. The lowest BCUT2D eigenvalue weighted by Crippen LogP contribution is -2.29. The first-order valence-electron chi connectivity index (χ1n) is 11.4. The molecule has 0 saturated heterocycles. The lowest BCUT2D eigenvalue weighted by molar-refractivity contribution is 0.394. The van der Waals surface area contributed by atoms with Gasteiger partial charge in [-0.05, 0) is 74.8 Å². The van der Waals surface area contributed by atoms with Crippen molar-refractivity contribution in [2.24, 2.45) is 0 Å². The number of rotatable bonds is 7. The van der Waals surface area contributed by atoms with Crippen molar-refractivity contribution in [3.63, 3.8) is 0 Å². The second-order valence-corrected chi connectivity index (χ2v) is 8.78. The first kappa shape index (κ1) is 20.6. The molecule has 1 aliphatic rings. The third-order valence-corrected chi connectivity index (χ3v) is 6.17. The Bertz CT molecular complexity index is 1350. The van der Waals surface area contributed by atoms with Crippen LogP contribution in [0.5, 0.6) is 0 Å². The van der Waals surface area contributed by atoms with Gasteiger partial charge in [0.15, 0.2) is 5.65 Å². The summed E-state index contributed by atoms with van der Waals surface area (Å²) in [7, 11) is 4.23. The predicted molar refractivity (Wildman–Crippen MR) is 130 cm³/mol. The van der Waals surface area contributed by atoms with Gasteiger partial charge in [-0.2, -0.15) is 5.10 Å². The highest BCUT2D eigenvalue weighted by Crippen LogP contribution is 2.24. The lowest BCUT2D eigenvalue weighted by Gasteiger charge is -2.10. The van der Waals surface area contributed by atoms with Crippen LogP contribution in [0, 0.1) is 0 Å². The highest BCUT2D eigenvalue weighted by atomic mass is 15.2. The number of fused-ring (bicyclic) bond motifs is 2. The molecule has 0 atom stereocenters. The monoisotopic (exact) mass is 423 g/mol. The third-order valence-electron chi connectivity index (χ3n) is 6.17. The van der Waals surface area contributed by atoms with Gasteiger partial charge in [0.05, 0.1) is 6.20 Å². The summed E-state index contributed by atoms with van der Waals surface area (Å²) in [6.07, 6.45) is 15.7. The Kier molecular flexibility index (Phi) is 5.82. The Morgan fingerprint density at radius 1 is 0.938 bits per heavy atom. The summed E-state index contributed by atoms with van der Waals surface area (Å²) in [6.45, 7) is 1.12. The molecular formula is C27H29N5. The Balaban J connectivity index is 1.40. The summed E-state index contributed by atoms with van der Waals surface area (Å²) in [5.41, 5.74) is 6.61. The van der Waals surface area contributed by atoms with Crippen LogP contribution in [-0.2, 0) is 6.42 Å². The number of nitrogens with zero attached hydrogens (tertiary/aromatic N) is 5. The average molecular weight is 424 g/mol. The second kappa shape index (κ2) is 9.05. The number of pyridine rings is 1. The lowest BCUT2D eigenvalue weighted by atomic mass is 9.95. The maximum atomic E-state index is 4.80. The van der Waals surface area contributed by atoms with E-state index in [9.17, 15) is 0 Å². The number of aromatic nitrogens is 4. The molecule has 5 heteroatoms. The number of benzene rings is 1. The van der Waals surface area contributed by atoms with Gasteiger partial charge in [0, 0.05) is 41.0 Å². The van der Waals surface area contributed by atoms with Gasteiger partial charge in [-0.3, -0.25) is 4.98 Å². The Labute approximate surface area is 188 Å². The largest absolute Gasteiger partial charge is 0.309 e. The van der Waals surface area contributed by atoms with Gasteiger partial charge in [-0.1, -0.05) is 36.4 Å². The maximum Gasteiger partial charge on any atom is 0.162 e. The Morgan fingerprint density at radius 3 is 2.66 bits per heavy atom. The number of unbranched alkanes of at least 4 members (excludes halogenated alkanes) is 1. The van der Waals surface area contributed by atoms with Crippen LogP contribution in [-0.4, -0.2) is 45.1 Å². The molecule has 1 aliphatic carbocycles. The van der Waals surface area contributed by atoms with E-state index in [1.54, 1.807) is 0 Å². The van der Waals surface area contributed by atoms with E-state index in [0.29, 0.717) is 0 Å². The molecule has 0 N–H and O–H groups in total. The van der Waals surface area contributed by atoms with E-state index in [1.165, 1.54) is 22.4 Å². The van der Waals surface area contributed by atoms with Gasteiger partial charge >= 0.3 is 0 Å². The van der Waals surface area contributed by atoms with Crippen LogP contribution in [0.25, 0.3) is 28.4 Å². The van der Waals surface area contributed by atoms with Crippen LogP contribution in [0.3, 0.4) is 0 Å². The summed E-state index contributed by atoms with van der Waals surface area (Å²) in [5.74, 6) is 0. The molecule has 0 aliphatic heterocycles.